The van der Waals surface area contributed by atoms with Crippen molar-refractivity contribution in [1.29, 1.82) is 0 Å². The van der Waals surface area contributed by atoms with E-state index in [1.807, 2.05) is 18.2 Å². The molecule has 0 radical (unpaired) electrons. The van der Waals surface area contributed by atoms with Gasteiger partial charge < -0.3 is 15.4 Å². The van der Waals surface area contributed by atoms with E-state index in [4.69, 9.17) is 4.74 Å². The van der Waals surface area contributed by atoms with E-state index < -0.39 is 0 Å². The highest BCUT2D eigenvalue weighted by Crippen LogP contribution is 2.27. The van der Waals surface area contributed by atoms with Crippen molar-refractivity contribution >= 4 is 39.9 Å². The van der Waals surface area contributed by atoms with Crippen molar-refractivity contribution in [2.45, 2.75) is 32.8 Å². The Bertz CT molecular complexity index is 507. The summed E-state index contributed by atoms with van der Waals surface area (Å²) in [6, 6.07) is 5.81. The molecule has 1 aromatic carbocycles. The first-order valence-corrected chi connectivity index (χ1v) is 8.68. The molecule has 1 amide bonds. The van der Waals surface area contributed by atoms with Gasteiger partial charge in [-0.25, -0.2) is 0 Å². The van der Waals surface area contributed by atoms with Crippen molar-refractivity contribution in [3.63, 3.8) is 0 Å². The number of nitrogens with one attached hydrogen (secondary N) is 2. The zero-order valence-electron chi connectivity index (χ0n) is 13.7. The van der Waals surface area contributed by atoms with E-state index in [0.717, 1.165) is 28.8 Å². The number of hydrogen-bond acceptors (Lipinski definition) is 3. The molecule has 1 aliphatic rings. The zero-order chi connectivity index (χ0) is 15.9. The maximum atomic E-state index is 12.4. The molecule has 1 unspecified atom stereocenters. The van der Waals surface area contributed by atoms with Crippen LogP contribution in [0.4, 0.5) is 5.69 Å². The number of methoxy groups -OCH3 is 1. The van der Waals surface area contributed by atoms with E-state index in [2.05, 4.69) is 33.5 Å². The van der Waals surface area contributed by atoms with Crippen molar-refractivity contribution in [3.05, 3.63) is 28.2 Å². The number of halogens is 2. The Morgan fingerprint density at radius 2 is 2.13 bits per heavy atom. The quantitative estimate of drug-likeness (QED) is 0.752. The summed E-state index contributed by atoms with van der Waals surface area (Å²) in [5.41, 5.74) is 1.81. The molecule has 6 heteroatoms. The molecule has 4 nitrogen and oxygen atoms in total. The lowest BCUT2D eigenvalue weighted by atomic mass is 9.84. The molecule has 0 spiro atoms. The molecule has 1 saturated heterocycles. The first-order chi connectivity index (χ1) is 10.6. The van der Waals surface area contributed by atoms with Crippen LogP contribution >= 0.6 is 28.3 Å². The molecule has 2 N–H and O–H groups in total. The van der Waals surface area contributed by atoms with Crippen molar-refractivity contribution in [2.24, 2.45) is 11.8 Å². The molecule has 1 aromatic rings. The van der Waals surface area contributed by atoms with Gasteiger partial charge in [0, 0.05) is 29.3 Å². The Morgan fingerprint density at radius 1 is 1.43 bits per heavy atom. The Kier molecular flexibility index (Phi) is 9.14. The highest BCUT2D eigenvalue weighted by atomic mass is 79.9. The summed E-state index contributed by atoms with van der Waals surface area (Å²) in [6.07, 6.45) is 2.91. The van der Waals surface area contributed by atoms with Crippen LogP contribution in [0, 0.1) is 11.8 Å². The molecule has 1 heterocycles. The van der Waals surface area contributed by atoms with E-state index in [9.17, 15) is 4.79 Å². The smallest absolute Gasteiger partial charge is 0.224 e. The van der Waals surface area contributed by atoms with Gasteiger partial charge in [-0.2, -0.15) is 0 Å². The molecular weight excluding hydrogens is 380 g/mol. The number of rotatable bonds is 6. The lowest BCUT2D eigenvalue weighted by Gasteiger charge is -2.28. The normalized spacial score (nSPS) is 16.5. The van der Waals surface area contributed by atoms with Gasteiger partial charge >= 0.3 is 0 Å². The van der Waals surface area contributed by atoms with Gasteiger partial charge in [0.25, 0.3) is 0 Å². The van der Waals surface area contributed by atoms with Gasteiger partial charge in [0.2, 0.25) is 5.91 Å². The molecule has 1 fully saturated rings. The fourth-order valence-corrected chi connectivity index (χ4v) is 3.52. The summed E-state index contributed by atoms with van der Waals surface area (Å²) < 4.78 is 6.18. The van der Waals surface area contributed by atoms with E-state index in [-0.39, 0.29) is 18.3 Å². The Morgan fingerprint density at radius 3 is 2.78 bits per heavy atom. The molecule has 0 bridgehead atoms. The molecule has 1 atom stereocenters. The zero-order valence-corrected chi connectivity index (χ0v) is 16.1. The summed E-state index contributed by atoms with van der Waals surface area (Å²) in [4.78, 5) is 12.4. The number of anilines is 1. The third-order valence-corrected chi connectivity index (χ3v) is 5.12. The highest BCUT2D eigenvalue weighted by molar-refractivity contribution is 9.10. The van der Waals surface area contributed by atoms with Gasteiger partial charge in [0.05, 0.1) is 6.61 Å². The number of carbonyl (C=O) groups is 1. The van der Waals surface area contributed by atoms with Crippen LogP contribution in [0.3, 0.4) is 0 Å². The van der Waals surface area contributed by atoms with Crippen LogP contribution in [-0.4, -0.2) is 26.1 Å². The third-order valence-electron chi connectivity index (χ3n) is 4.38. The summed E-state index contributed by atoms with van der Waals surface area (Å²) in [6.45, 7) is 4.80. The van der Waals surface area contributed by atoms with Gasteiger partial charge in [-0.15, -0.1) is 12.4 Å². The summed E-state index contributed by atoms with van der Waals surface area (Å²) >= 11 is 3.51. The predicted molar refractivity (Wildman–Crippen MR) is 100 cm³/mol. The van der Waals surface area contributed by atoms with E-state index >= 15 is 0 Å². The Hall–Kier alpha value is -0.620. The van der Waals surface area contributed by atoms with Gasteiger partial charge in [-0.3, -0.25) is 4.79 Å². The van der Waals surface area contributed by atoms with Crippen LogP contribution in [0.5, 0.6) is 0 Å². The standard InChI is InChI=1S/C17H25BrN2O2.ClH/c1-12(13-6-8-19-9-7-13)10-17(21)20-16-5-3-4-15(18)14(16)11-22-2;/h3-5,12-13,19H,6-11H2,1-2H3,(H,20,21);1H. The maximum absolute atomic E-state index is 12.4. The first kappa shape index (κ1) is 20.4. The number of ether oxygens (including phenoxy) is 1. The van der Waals surface area contributed by atoms with Crippen LogP contribution in [0.15, 0.2) is 22.7 Å². The van der Waals surface area contributed by atoms with Crippen LogP contribution < -0.4 is 10.6 Å². The average molecular weight is 406 g/mol. The van der Waals surface area contributed by atoms with Gasteiger partial charge in [0.1, 0.15) is 0 Å². The minimum absolute atomic E-state index is 0. The Labute approximate surface area is 153 Å². The van der Waals surface area contributed by atoms with Gasteiger partial charge in [0.15, 0.2) is 0 Å². The Balaban J connectivity index is 0.00000264. The van der Waals surface area contributed by atoms with Gasteiger partial charge in [-0.05, 0) is 49.9 Å². The first-order valence-electron chi connectivity index (χ1n) is 7.88. The molecule has 0 saturated carbocycles. The number of benzene rings is 1. The van der Waals surface area contributed by atoms with Crippen molar-refractivity contribution in [2.75, 3.05) is 25.5 Å². The topological polar surface area (TPSA) is 50.4 Å². The number of hydrogen-bond donors (Lipinski definition) is 2. The fourth-order valence-electron chi connectivity index (χ4n) is 3.04. The number of piperidine rings is 1. The SMILES string of the molecule is COCc1c(Br)cccc1NC(=O)CC(C)C1CCNCC1.Cl. The second-order valence-corrected chi connectivity index (χ2v) is 6.87. The second kappa shape index (κ2) is 10.3. The van der Waals surface area contributed by atoms with Crippen molar-refractivity contribution < 1.29 is 9.53 Å². The number of amides is 1. The minimum atomic E-state index is 0. The van der Waals surface area contributed by atoms with E-state index in [1.165, 1.54) is 12.8 Å². The summed E-state index contributed by atoms with van der Waals surface area (Å²) in [5, 5.41) is 6.41. The monoisotopic (exact) mass is 404 g/mol. The largest absolute Gasteiger partial charge is 0.380 e. The van der Waals surface area contributed by atoms with Crippen LogP contribution in [0.1, 0.15) is 31.7 Å². The second-order valence-electron chi connectivity index (χ2n) is 6.02. The van der Waals surface area contributed by atoms with Gasteiger partial charge in [-0.1, -0.05) is 28.9 Å². The van der Waals surface area contributed by atoms with Crippen LogP contribution in [-0.2, 0) is 16.1 Å². The van der Waals surface area contributed by atoms with Crippen LogP contribution in [0.2, 0.25) is 0 Å². The molecule has 1 aliphatic heterocycles. The lowest BCUT2D eigenvalue weighted by Crippen LogP contribution is -2.32. The molecule has 0 aromatic heterocycles. The minimum Gasteiger partial charge on any atom is -0.380 e. The average Bonchev–Trinajstić information content (AvgIpc) is 2.51. The third kappa shape index (κ3) is 6.07. The lowest BCUT2D eigenvalue weighted by molar-refractivity contribution is -0.117. The fraction of sp³-hybridized carbons (Fsp3) is 0.588. The molecule has 2 rings (SSSR count). The predicted octanol–water partition coefficient (Wildman–Crippen LogP) is 3.98. The summed E-state index contributed by atoms with van der Waals surface area (Å²) in [7, 11) is 1.66. The highest BCUT2D eigenvalue weighted by Gasteiger charge is 2.22. The molecular formula is C17H26BrClN2O2. The van der Waals surface area contributed by atoms with E-state index in [1.54, 1.807) is 7.11 Å². The van der Waals surface area contributed by atoms with Crippen molar-refractivity contribution in [1.82, 2.24) is 5.32 Å². The number of carbonyl (C=O) groups excluding carboxylic acids is 1. The van der Waals surface area contributed by atoms with Crippen molar-refractivity contribution in [3.8, 4) is 0 Å². The summed E-state index contributed by atoms with van der Waals surface area (Å²) in [5.74, 6) is 1.15. The maximum Gasteiger partial charge on any atom is 0.224 e. The molecule has 23 heavy (non-hydrogen) atoms. The van der Waals surface area contributed by atoms with Crippen LogP contribution in [0.25, 0.3) is 0 Å². The molecule has 130 valence electrons. The molecule has 0 aliphatic carbocycles. The van der Waals surface area contributed by atoms with E-state index in [0.29, 0.717) is 24.9 Å².